The first-order chi connectivity index (χ1) is 9.66. The summed E-state index contributed by atoms with van der Waals surface area (Å²) in [5.41, 5.74) is 1.49. The summed E-state index contributed by atoms with van der Waals surface area (Å²) < 4.78 is 5.75. The topological polar surface area (TPSA) is 46.3 Å². The number of furan rings is 1. The highest BCUT2D eigenvalue weighted by Gasteiger charge is 2.37. The summed E-state index contributed by atoms with van der Waals surface area (Å²) in [4.78, 5) is 19.0. The molecule has 2 aromatic rings. The van der Waals surface area contributed by atoms with Gasteiger partial charge < -0.3 is 9.32 Å². The van der Waals surface area contributed by atoms with E-state index < -0.39 is 0 Å². The lowest BCUT2D eigenvalue weighted by Gasteiger charge is -2.28. The number of amides is 1. The molecule has 3 rings (SSSR count). The molecule has 1 amide bonds. The van der Waals surface area contributed by atoms with Crippen molar-refractivity contribution in [1.29, 1.82) is 0 Å². The van der Waals surface area contributed by atoms with Gasteiger partial charge in [-0.1, -0.05) is 6.07 Å². The molecule has 0 spiro atoms. The first-order valence-electron chi connectivity index (χ1n) is 6.64. The van der Waals surface area contributed by atoms with Crippen molar-refractivity contribution in [3.8, 4) is 0 Å². The lowest BCUT2D eigenvalue weighted by Crippen LogP contribution is -2.35. The van der Waals surface area contributed by atoms with E-state index in [0.717, 1.165) is 18.5 Å². The van der Waals surface area contributed by atoms with Crippen molar-refractivity contribution in [2.75, 3.05) is 0 Å². The minimum absolute atomic E-state index is 0.0000954. The zero-order chi connectivity index (χ0) is 14.1. The molecule has 0 N–H and O–H groups in total. The van der Waals surface area contributed by atoms with Gasteiger partial charge in [0.15, 0.2) is 4.67 Å². The number of carbonyl (C=O) groups is 1. The molecule has 0 aliphatic heterocycles. The molecule has 0 radical (unpaired) electrons. The van der Waals surface area contributed by atoms with E-state index in [1.54, 1.807) is 12.3 Å². The van der Waals surface area contributed by atoms with E-state index in [1.165, 1.54) is 6.26 Å². The molecular formula is C15H15BrN2O2. The van der Waals surface area contributed by atoms with Gasteiger partial charge in [-0.05, 0) is 47.8 Å². The normalized spacial score (nSPS) is 15.9. The Morgan fingerprint density at radius 1 is 1.50 bits per heavy atom. The van der Waals surface area contributed by atoms with E-state index in [0.29, 0.717) is 16.3 Å². The van der Waals surface area contributed by atoms with Crippen molar-refractivity contribution in [2.45, 2.75) is 31.8 Å². The van der Waals surface area contributed by atoms with Crippen molar-refractivity contribution < 1.29 is 9.21 Å². The molecule has 1 saturated carbocycles. The first-order valence-corrected chi connectivity index (χ1v) is 7.43. The van der Waals surface area contributed by atoms with Gasteiger partial charge in [-0.3, -0.25) is 9.78 Å². The lowest BCUT2D eigenvalue weighted by molar-refractivity contribution is 0.0669. The maximum Gasteiger partial charge on any atom is 0.257 e. The highest BCUT2D eigenvalue weighted by Crippen LogP contribution is 2.35. The Morgan fingerprint density at radius 3 is 2.85 bits per heavy atom. The van der Waals surface area contributed by atoms with Gasteiger partial charge in [-0.2, -0.15) is 0 Å². The molecule has 0 aromatic carbocycles. The Bertz CT molecular complexity index is 607. The van der Waals surface area contributed by atoms with Gasteiger partial charge in [-0.15, -0.1) is 0 Å². The Labute approximate surface area is 125 Å². The second kappa shape index (κ2) is 5.40. The van der Waals surface area contributed by atoms with Crippen molar-refractivity contribution >= 4 is 21.8 Å². The molecule has 1 aliphatic carbocycles. The number of rotatable bonds is 4. The van der Waals surface area contributed by atoms with Gasteiger partial charge in [0, 0.05) is 18.3 Å². The average Bonchev–Trinajstić information content (AvgIpc) is 3.20. The van der Waals surface area contributed by atoms with E-state index in [4.69, 9.17) is 4.42 Å². The summed E-state index contributed by atoms with van der Waals surface area (Å²) in [6, 6.07) is 7.77. The van der Waals surface area contributed by atoms with Crippen LogP contribution in [0.5, 0.6) is 0 Å². The fourth-order valence-corrected chi connectivity index (χ4v) is 2.69. The minimum atomic E-state index is -0.0372. The Kier molecular flexibility index (Phi) is 3.61. The second-order valence-electron chi connectivity index (χ2n) is 5.01. The van der Waals surface area contributed by atoms with Crippen LogP contribution < -0.4 is 0 Å². The molecule has 0 saturated heterocycles. The molecule has 1 fully saturated rings. The van der Waals surface area contributed by atoms with Gasteiger partial charge in [0.25, 0.3) is 5.91 Å². The highest BCUT2D eigenvalue weighted by molar-refractivity contribution is 9.10. The number of hydrogen-bond donors (Lipinski definition) is 0. The molecule has 20 heavy (non-hydrogen) atoms. The molecule has 1 unspecified atom stereocenters. The largest absolute Gasteiger partial charge is 0.457 e. The van der Waals surface area contributed by atoms with Crippen molar-refractivity contribution in [3.63, 3.8) is 0 Å². The van der Waals surface area contributed by atoms with Crippen LogP contribution in [0.1, 0.15) is 41.9 Å². The number of aromatic nitrogens is 1. The summed E-state index contributed by atoms with van der Waals surface area (Å²) in [6.07, 6.45) is 5.37. The van der Waals surface area contributed by atoms with Gasteiger partial charge in [-0.25, -0.2) is 0 Å². The highest BCUT2D eigenvalue weighted by atomic mass is 79.9. The third kappa shape index (κ3) is 2.63. The number of hydrogen-bond acceptors (Lipinski definition) is 3. The predicted octanol–water partition coefficient (Wildman–Crippen LogP) is 3.80. The van der Waals surface area contributed by atoms with E-state index in [9.17, 15) is 4.79 Å². The fourth-order valence-electron chi connectivity index (χ4n) is 2.35. The van der Waals surface area contributed by atoms with E-state index in [-0.39, 0.29) is 11.9 Å². The third-order valence-electron chi connectivity index (χ3n) is 3.52. The van der Waals surface area contributed by atoms with Gasteiger partial charge in [0.2, 0.25) is 0 Å². The van der Waals surface area contributed by atoms with Crippen LogP contribution in [0.3, 0.4) is 0 Å². The van der Waals surface area contributed by atoms with Crippen LogP contribution in [0, 0.1) is 0 Å². The van der Waals surface area contributed by atoms with Crippen LogP contribution in [0.4, 0.5) is 0 Å². The first kappa shape index (κ1) is 13.4. The summed E-state index contributed by atoms with van der Waals surface area (Å²) in [7, 11) is 0. The molecule has 104 valence electrons. The van der Waals surface area contributed by atoms with Gasteiger partial charge >= 0.3 is 0 Å². The van der Waals surface area contributed by atoms with Gasteiger partial charge in [0.05, 0.1) is 17.3 Å². The molecule has 2 heterocycles. The van der Waals surface area contributed by atoms with E-state index in [1.807, 2.05) is 30.0 Å². The van der Waals surface area contributed by atoms with Crippen LogP contribution in [0.2, 0.25) is 0 Å². The predicted molar refractivity (Wildman–Crippen MR) is 78.3 cm³/mol. The molecule has 5 heteroatoms. The van der Waals surface area contributed by atoms with E-state index in [2.05, 4.69) is 20.9 Å². The summed E-state index contributed by atoms with van der Waals surface area (Å²) in [5.74, 6) is 0.0000954. The standard InChI is InChI=1S/C15H15BrN2O2/c1-10(13-4-2-3-7-17-13)18(12-5-6-12)15(19)11-8-14(16)20-9-11/h2-4,7-10,12H,5-6H2,1H3. The maximum absolute atomic E-state index is 12.7. The summed E-state index contributed by atoms with van der Waals surface area (Å²) >= 11 is 3.23. The molecule has 1 atom stereocenters. The molecular weight excluding hydrogens is 320 g/mol. The van der Waals surface area contributed by atoms with Crippen LogP contribution in [0.25, 0.3) is 0 Å². The zero-order valence-corrected chi connectivity index (χ0v) is 12.7. The smallest absolute Gasteiger partial charge is 0.257 e. The quantitative estimate of drug-likeness (QED) is 0.854. The van der Waals surface area contributed by atoms with Crippen LogP contribution in [-0.4, -0.2) is 21.8 Å². The van der Waals surface area contributed by atoms with Crippen LogP contribution >= 0.6 is 15.9 Å². The van der Waals surface area contributed by atoms with Gasteiger partial charge in [0.1, 0.15) is 6.26 Å². The van der Waals surface area contributed by atoms with Crippen molar-refractivity contribution in [2.24, 2.45) is 0 Å². The summed E-state index contributed by atoms with van der Waals surface area (Å²) in [5, 5.41) is 0. The Hall–Kier alpha value is -1.62. The Balaban J connectivity index is 1.88. The van der Waals surface area contributed by atoms with Crippen molar-refractivity contribution in [1.82, 2.24) is 9.88 Å². The molecule has 1 aliphatic rings. The second-order valence-corrected chi connectivity index (χ2v) is 5.80. The molecule has 2 aromatic heterocycles. The summed E-state index contributed by atoms with van der Waals surface area (Å²) in [6.45, 7) is 2.02. The maximum atomic E-state index is 12.7. The Morgan fingerprint density at radius 2 is 2.30 bits per heavy atom. The van der Waals surface area contributed by atoms with Crippen LogP contribution in [-0.2, 0) is 0 Å². The number of halogens is 1. The average molecular weight is 335 g/mol. The van der Waals surface area contributed by atoms with Crippen molar-refractivity contribution in [3.05, 3.63) is 52.7 Å². The number of pyridine rings is 1. The SMILES string of the molecule is CC(c1ccccn1)N(C(=O)c1coc(Br)c1)C1CC1. The fraction of sp³-hybridized carbons (Fsp3) is 0.333. The molecule has 0 bridgehead atoms. The molecule has 4 nitrogen and oxygen atoms in total. The lowest BCUT2D eigenvalue weighted by atomic mass is 10.1. The third-order valence-corrected chi connectivity index (χ3v) is 3.94. The monoisotopic (exact) mass is 334 g/mol. The van der Waals surface area contributed by atoms with E-state index >= 15 is 0 Å². The number of carbonyl (C=O) groups excluding carboxylic acids is 1. The zero-order valence-electron chi connectivity index (χ0n) is 11.1. The van der Waals surface area contributed by atoms with Crippen LogP contribution in [0.15, 0.2) is 45.8 Å². The minimum Gasteiger partial charge on any atom is -0.457 e. The number of nitrogens with zero attached hydrogens (tertiary/aromatic N) is 2.